The van der Waals surface area contributed by atoms with Crippen molar-refractivity contribution in [1.82, 2.24) is 15.4 Å². The lowest BCUT2D eigenvalue weighted by Gasteiger charge is -2.31. The number of anilines is 2. The molecule has 3 heterocycles. The van der Waals surface area contributed by atoms with Crippen LogP contribution < -0.4 is 15.0 Å². The molecule has 1 saturated heterocycles. The second-order valence-electron chi connectivity index (χ2n) is 7.09. The van der Waals surface area contributed by atoms with E-state index < -0.39 is 0 Å². The van der Waals surface area contributed by atoms with Crippen molar-refractivity contribution >= 4 is 17.6 Å². The second kappa shape index (κ2) is 8.30. The monoisotopic (exact) mass is 393 g/mol. The molecule has 8 nitrogen and oxygen atoms in total. The van der Waals surface area contributed by atoms with Crippen LogP contribution in [0.2, 0.25) is 0 Å². The molecule has 1 aliphatic rings. The standard InChI is InChI=1S/C21H23N5O3/c1-14-13-20(29-25-14)22-21(27)16-9-11-26(12-10-16)19-8-7-18(23-24-19)15-3-5-17(28-2)6-4-15/h3-8,13,16H,9-12H2,1-2H3,(H,22,27). The highest BCUT2D eigenvalue weighted by atomic mass is 16.5. The van der Waals surface area contributed by atoms with Crippen molar-refractivity contribution in [3.05, 3.63) is 48.2 Å². The van der Waals surface area contributed by atoms with E-state index in [-0.39, 0.29) is 11.8 Å². The van der Waals surface area contributed by atoms with E-state index in [9.17, 15) is 4.79 Å². The predicted octanol–water partition coefficient (Wildman–Crippen LogP) is 3.30. The van der Waals surface area contributed by atoms with Crippen molar-refractivity contribution in [3.8, 4) is 17.0 Å². The van der Waals surface area contributed by atoms with Gasteiger partial charge in [-0.05, 0) is 56.2 Å². The number of methoxy groups -OCH3 is 1. The Morgan fingerprint density at radius 3 is 2.48 bits per heavy atom. The van der Waals surface area contributed by atoms with Crippen molar-refractivity contribution in [2.75, 3.05) is 30.4 Å². The van der Waals surface area contributed by atoms with Gasteiger partial charge in [-0.3, -0.25) is 10.1 Å². The summed E-state index contributed by atoms with van der Waals surface area (Å²) in [5, 5.41) is 15.3. The Morgan fingerprint density at radius 2 is 1.90 bits per heavy atom. The predicted molar refractivity (Wildman–Crippen MR) is 109 cm³/mol. The molecular formula is C21H23N5O3. The summed E-state index contributed by atoms with van der Waals surface area (Å²) in [6.45, 7) is 3.33. The van der Waals surface area contributed by atoms with Crippen LogP contribution in [0.3, 0.4) is 0 Å². The van der Waals surface area contributed by atoms with Crippen molar-refractivity contribution < 1.29 is 14.1 Å². The third kappa shape index (κ3) is 4.37. The van der Waals surface area contributed by atoms with E-state index in [1.165, 1.54) is 0 Å². The van der Waals surface area contributed by atoms with Crippen molar-refractivity contribution in [1.29, 1.82) is 0 Å². The van der Waals surface area contributed by atoms with Crippen LogP contribution in [0.1, 0.15) is 18.5 Å². The molecule has 0 spiro atoms. The first-order valence-electron chi connectivity index (χ1n) is 9.59. The Morgan fingerprint density at radius 1 is 1.14 bits per heavy atom. The summed E-state index contributed by atoms with van der Waals surface area (Å²) in [6.07, 6.45) is 1.50. The summed E-state index contributed by atoms with van der Waals surface area (Å²) in [5.41, 5.74) is 2.54. The van der Waals surface area contributed by atoms with E-state index in [1.807, 2.05) is 43.3 Å². The molecule has 0 radical (unpaired) electrons. The molecule has 3 aromatic rings. The van der Waals surface area contributed by atoms with Crippen LogP contribution in [0.25, 0.3) is 11.3 Å². The van der Waals surface area contributed by atoms with E-state index >= 15 is 0 Å². The van der Waals surface area contributed by atoms with Gasteiger partial charge in [0.05, 0.1) is 18.5 Å². The van der Waals surface area contributed by atoms with Crippen molar-refractivity contribution in [3.63, 3.8) is 0 Å². The number of hydrogen-bond acceptors (Lipinski definition) is 7. The van der Waals surface area contributed by atoms with Gasteiger partial charge in [-0.25, -0.2) is 0 Å². The second-order valence-corrected chi connectivity index (χ2v) is 7.09. The molecule has 0 aliphatic carbocycles. The fourth-order valence-corrected chi connectivity index (χ4v) is 3.43. The number of carbonyl (C=O) groups excluding carboxylic acids is 1. The lowest BCUT2D eigenvalue weighted by atomic mass is 9.96. The summed E-state index contributed by atoms with van der Waals surface area (Å²) in [4.78, 5) is 14.6. The normalized spacial score (nSPS) is 14.6. The first-order valence-corrected chi connectivity index (χ1v) is 9.59. The maximum Gasteiger partial charge on any atom is 0.231 e. The largest absolute Gasteiger partial charge is 0.497 e. The summed E-state index contributed by atoms with van der Waals surface area (Å²) in [5.74, 6) is 1.95. The molecule has 1 aliphatic heterocycles. The van der Waals surface area contributed by atoms with Gasteiger partial charge < -0.3 is 14.2 Å². The Bertz CT molecular complexity index is 961. The number of aromatic nitrogens is 3. The van der Waals surface area contributed by atoms with Crippen LogP contribution in [0, 0.1) is 12.8 Å². The fourth-order valence-electron chi connectivity index (χ4n) is 3.43. The van der Waals surface area contributed by atoms with Crippen LogP contribution in [0.5, 0.6) is 5.75 Å². The van der Waals surface area contributed by atoms with Crippen LogP contribution in [-0.2, 0) is 4.79 Å². The fraction of sp³-hybridized carbons (Fsp3) is 0.333. The minimum absolute atomic E-state index is 0.0262. The first kappa shape index (κ1) is 18.9. The zero-order chi connectivity index (χ0) is 20.2. The number of carbonyl (C=O) groups is 1. The summed E-state index contributed by atoms with van der Waals surface area (Å²) in [7, 11) is 1.64. The summed E-state index contributed by atoms with van der Waals surface area (Å²) in [6, 6.07) is 13.4. The molecule has 29 heavy (non-hydrogen) atoms. The van der Waals surface area contributed by atoms with E-state index in [4.69, 9.17) is 9.26 Å². The Hall–Kier alpha value is -3.42. The molecule has 150 valence electrons. The SMILES string of the molecule is COc1ccc(-c2ccc(N3CCC(C(=O)Nc4cc(C)no4)CC3)nn2)cc1. The minimum Gasteiger partial charge on any atom is -0.497 e. The van der Waals surface area contributed by atoms with Crippen molar-refractivity contribution in [2.24, 2.45) is 5.92 Å². The van der Waals surface area contributed by atoms with Gasteiger partial charge in [0, 0.05) is 30.6 Å². The molecule has 1 N–H and O–H groups in total. The van der Waals surface area contributed by atoms with E-state index in [2.05, 4.69) is 25.6 Å². The summed E-state index contributed by atoms with van der Waals surface area (Å²) >= 11 is 0. The number of hydrogen-bond donors (Lipinski definition) is 1. The molecule has 0 unspecified atom stereocenters. The number of benzene rings is 1. The van der Waals surface area contributed by atoms with Crippen LogP contribution in [0.15, 0.2) is 47.0 Å². The molecular weight excluding hydrogens is 370 g/mol. The molecule has 1 amide bonds. The highest BCUT2D eigenvalue weighted by Crippen LogP contribution is 2.25. The number of piperidine rings is 1. The lowest BCUT2D eigenvalue weighted by molar-refractivity contribution is -0.120. The highest BCUT2D eigenvalue weighted by Gasteiger charge is 2.26. The minimum atomic E-state index is -0.0526. The Balaban J connectivity index is 1.34. The number of ether oxygens (including phenoxy) is 1. The molecule has 2 aromatic heterocycles. The Kier molecular flexibility index (Phi) is 5.41. The van der Waals surface area contributed by atoms with Gasteiger partial charge in [-0.15, -0.1) is 10.2 Å². The average molecular weight is 393 g/mol. The average Bonchev–Trinajstić information content (AvgIpc) is 3.18. The van der Waals surface area contributed by atoms with Gasteiger partial charge in [0.2, 0.25) is 11.8 Å². The number of rotatable bonds is 5. The van der Waals surface area contributed by atoms with Gasteiger partial charge in [-0.2, -0.15) is 0 Å². The number of aryl methyl sites for hydroxylation is 1. The maximum absolute atomic E-state index is 12.4. The summed E-state index contributed by atoms with van der Waals surface area (Å²) < 4.78 is 10.2. The zero-order valence-electron chi connectivity index (χ0n) is 16.5. The molecule has 0 saturated carbocycles. The van der Waals surface area contributed by atoms with Crippen LogP contribution in [-0.4, -0.2) is 41.5 Å². The number of nitrogens with zero attached hydrogens (tertiary/aromatic N) is 4. The van der Waals surface area contributed by atoms with E-state index in [0.29, 0.717) is 5.88 Å². The van der Waals surface area contributed by atoms with Gasteiger partial charge >= 0.3 is 0 Å². The van der Waals surface area contributed by atoms with E-state index in [0.717, 1.165) is 54.4 Å². The lowest BCUT2D eigenvalue weighted by Crippen LogP contribution is -2.38. The molecule has 4 rings (SSSR count). The van der Waals surface area contributed by atoms with E-state index in [1.54, 1.807) is 13.2 Å². The highest BCUT2D eigenvalue weighted by molar-refractivity contribution is 5.91. The zero-order valence-corrected chi connectivity index (χ0v) is 16.5. The first-order chi connectivity index (χ1) is 14.1. The van der Waals surface area contributed by atoms with Gasteiger partial charge in [0.15, 0.2) is 5.82 Å². The van der Waals surface area contributed by atoms with Gasteiger partial charge in [0.1, 0.15) is 5.75 Å². The Labute approximate surface area is 168 Å². The van der Waals surface area contributed by atoms with Gasteiger partial charge in [-0.1, -0.05) is 5.16 Å². The van der Waals surface area contributed by atoms with Gasteiger partial charge in [0.25, 0.3) is 0 Å². The molecule has 1 aromatic carbocycles. The maximum atomic E-state index is 12.4. The molecule has 1 fully saturated rings. The topological polar surface area (TPSA) is 93.4 Å². The number of amides is 1. The van der Waals surface area contributed by atoms with Crippen LogP contribution in [0.4, 0.5) is 11.7 Å². The molecule has 8 heteroatoms. The molecule has 0 bridgehead atoms. The smallest absolute Gasteiger partial charge is 0.231 e. The third-order valence-electron chi connectivity index (χ3n) is 5.10. The molecule has 0 atom stereocenters. The van der Waals surface area contributed by atoms with Crippen molar-refractivity contribution in [2.45, 2.75) is 19.8 Å². The third-order valence-corrected chi connectivity index (χ3v) is 5.10. The number of nitrogens with one attached hydrogen (secondary N) is 1. The quantitative estimate of drug-likeness (QED) is 0.711. The van der Waals surface area contributed by atoms with Crippen LogP contribution >= 0.6 is 0 Å².